The van der Waals surface area contributed by atoms with Crippen LogP contribution in [0.25, 0.3) is 0 Å². The van der Waals surface area contributed by atoms with Crippen LogP contribution in [0.1, 0.15) is 24.8 Å². The fourth-order valence-electron chi connectivity index (χ4n) is 3.37. The minimum Gasteiger partial charge on any atom is -0.355 e. The maximum atomic E-state index is 13.5. The van der Waals surface area contributed by atoms with Crippen LogP contribution in [-0.2, 0) is 31.4 Å². The number of benzene rings is 2. The standard InChI is InChI=1S/C20H24ClN3O5S2/c1-30(26,27)23-17-9-5-15(6-10-17)14-24(19-4-2-3-13-22-20(19)25)31(28,29)18-11-7-16(21)8-12-18/h5-12,19,23H,2-4,13-14H2,1H3,(H,22,25). The summed E-state index contributed by atoms with van der Waals surface area (Å²) in [6.45, 7) is 0.470. The van der Waals surface area contributed by atoms with Crippen LogP contribution in [-0.4, -0.2) is 45.9 Å². The number of sulfonamides is 2. The zero-order chi connectivity index (χ0) is 22.6. The SMILES string of the molecule is CS(=O)(=O)Nc1ccc(CN(C2CCCCNC2=O)S(=O)(=O)c2ccc(Cl)cc2)cc1. The molecule has 31 heavy (non-hydrogen) atoms. The molecule has 1 fully saturated rings. The van der Waals surface area contributed by atoms with E-state index in [9.17, 15) is 21.6 Å². The van der Waals surface area contributed by atoms with Gasteiger partial charge in [-0.25, -0.2) is 16.8 Å². The largest absolute Gasteiger partial charge is 0.355 e. The molecular weight excluding hydrogens is 462 g/mol. The van der Waals surface area contributed by atoms with Gasteiger partial charge in [-0.15, -0.1) is 0 Å². The summed E-state index contributed by atoms with van der Waals surface area (Å²) in [5.41, 5.74) is 0.985. The average Bonchev–Trinajstić information content (AvgIpc) is 2.90. The highest BCUT2D eigenvalue weighted by Crippen LogP contribution is 2.26. The molecule has 2 aromatic rings. The molecule has 1 amide bonds. The van der Waals surface area contributed by atoms with Crippen molar-refractivity contribution in [3.8, 4) is 0 Å². The summed E-state index contributed by atoms with van der Waals surface area (Å²) >= 11 is 5.90. The Labute approximate surface area is 187 Å². The Kier molecular flexibility index (Phi) is 7.25. The first kappa shape index (κ1) is 23.5. The molecule has 0 spiro atoms. The van der Waals surface area contributed by atoms with Gasteiger partial charge in [0.1, 0.15) is 6.04 Å². The molecule has 1 unspecified atom stereocenters. The van der Waals surface area contributed by atoms with Crippen LogP contribution < -0.4 is 10.0 Å². The summed E-state index contributed by atoms with van der Waals surface area (Å²) in [5, 5.41) is 3.19. The van der Waals surface area contributed by atoms with Crippen LogP contribution >= 0.6 is 11.6 Å². The second-order valence-corrected chi connectivity index (χ2v) is 11.5. The zero-order valence-corrected chi connectivity index (χ0v) is 19.3. The molecule has 0 bridgehead atoms. The summed E-state index contributed by atoms with van der Waals surface area (Å²) in [6, 6.07) is 11.3. The molecular formula is C20H24ClN3O5S2. The molecule has 0 saturated carbocycles. The third-order valence-electron chi connectivity index (χ3n) is 4.87. The van der Waals surface area contributed by atoms with Gasteiger partial charge in [-0.2, -0.15) is 4.31 Å². The van der Waals surface area contributed by atoms with Gasteiger partial charge < -0.3 is 5.32 Å². The first-order chi connectivity index (χ1) is 14.6. The normalized spacial score (nSPS) is 17.8. The Morgan fingerprint density at radius 2 is 1.68 bits per heavy atom. The van der Waals surface area contributed by atoms with Crippen molar-refractivity contribution in [3.05, 3.63) is 59.1 Å². The fourth-order valence-corrected chi connectivity index (χ4v) is 5.67. The maximum Gasteiger partial charge on any atom is 0.244 e. The number of hydrogen-bond acceptors (Lipinski definition) is 5. The van der Waals surface area contributed by atoms with Crippen LogP contribution in [0.5, 0.6) is 0 Å². The molecule has 168 valence electrons. The van der Waals surface area contributed by atoms with Crippen molar-refractivity contribution in [1.29, 1.82) is 0 Å². The van der Waals surface area contributed by atoms with Crippen LogP contribution in [0, 0.1) is 0 Å². The lowest BCUT2D eigenvalue weighted by Gasteiger charge is -2.29. The Hall–Kier alpha value is -2.14. The monoisotopic (exact) mass is 485 g/mol. The van der Waals surface area contributed by atoms with E-state index in [1.165, 1.54) is 28.6 Å². The zero-order valence-electron chi connectivity index (χ0n) is 16.9. The van der Waals surface area contributed by atoms with E-state index in [2.05, 4.69) is 10.0 Å². The summed E-state index contributed by atoms with van der Waals surface area (Å²) in [7, 11) is -7.43. The molecule has 1 aliphatic rings. The van der Waals surface area contributed by atoms with E-state index in [-0.39, 0.29) is 17.3 Å². The van der Waals surface area contributed by atoms with Crippen molar-refractivity contribution in [2.45, 2.75) is 36.7 Å². The van der Waals surface area contributed by atoms with Gasteiger partial charge in [0, 0.05) is 23.8 Å². The molecule has 0 radical (unpaired) electrons. The number of nitrogens with one attached hydrogen (secondary N) is 2. The van der Waals surface area contributed by atoms with E-state index in [0.717, 1.165) is 12.7 Å². The molecule has 11 heteroatoms. The molecule has 3 rings (SSSR count). The number of hydrogen-bond donors (Lipinski definition) is 2. The van der Waals surface area contributed by atoms with Gasteiger partial charge in [-0.3, -0.25) is 9.52 Å². The Bertz CT molecular complexity index is 1130. The maximum absolute atomic E-state index is 13.5. The van der Waals surface area contributed by atoms with E-state index in [1.54, 1.807) is 24.3 Å². The molecule has 1 aliphatic heterocycles. The quantitative estimate of drug-likeness (QED) is 0.625. The number of amides is 1. The van der Waals surface area contributed by atoms with E-state index >= 15 is 0 Å². The molecule has 1 saturated heterocycles. The average molecular weight is 486 g/mol. The Morgan fingerprint density at radius 1 is 1.03 bits per heavy atom. The van der Waals surface area contributed by atoms with E-state index in [1.807, 2.05) is 0 Å². The van der Waals surface area contributed by atoms with E-state index in [4.69, 9.17) is 11.6 Å². The third kappa shape index (κ3) is 6.19. The fraction of sp³-hybridized carbons (Fsp3) is 0.350. The second-order valence-electron chi connectivity index (χ2n) is 7.38. The van der Waals surface area contributed by atoms with Crippen LogP contribution in [0.3, 0.4) is 0 Å². The lowest BCUT2D eigenvalue weighted by molar-refractivity contribution is -0.124. The Morgan fingerprint density at radius 3 is 2.29 bits per heavy atom. The molecule has 2 aromatic carbocycles. The first-order valence-electron chi connectivity index (χ1n) is 9.68. The van der Waals surface area contributed by atoms with Gasteiger partial charge in [-0.1, -0.05) is 23.7 Å². The number of halogens is 1. The number of carbonyl (C=O) groups excluding carboxylic acids is 1. The number of rotatable bonds is 7. The minimum absolute atomic E-state index is 0.0395. The molecule has 8 nitrogen and oxygen atoms in total. The van der Waals surface area contributed by atoms with Gasteiger partial charge >= 0.3 is 0 Å². The predicted octanol–water partition coefficient (Wildman–Crippen LogP) is 2.57. The first-order valence-corrected chi connectivity index (χ1v) is 13.4. The smallest absolute Gasteiger partial charge is 0.244 e. The highest BCUT2D eigenvalue weighted by Gasteiger charge is 2.36. The van der Waals surface area contributed by atoms with Crippen molar-refractivity contribution in [1.82, 2.24) is 9.62 Å². The van der Waals surface area contributed by atoms with Gasteiger partial charge in [0.05, 0.1) is 11.2 Å². The third-order valence-corrected chi connectivity index (χ3v) is 7.60. The van der Waals surface area contributed by atoms with Crippen molar-refractivity contribution >= 4 is 43.2 Å². The molecule has 2 N–H and O–H groups in total. The van der Waals surface area contributed by atoms with Crippen LogP contribution in [0.4, 0.5) is 5.69 Å². The number of anilines is 1. The van der Waals surface area contributed by atoms with Crippen molar-refractivity contribution in [2.24, 2.45) is 0 Å². The van der Waals surface area contributed by atoms with E-state index < -0.39 is 26.1 Å². The highest BCUT2D eigenvalue weighted by atomic mass is 35.5. The lowest BCUT2D eigenvalue weighted by Crippen LogP contribution is -2.48. The van der Waals surface area contributed by atoms with Crippen LogP contribution in [0.2, 0.25) is 5.02 Å². The van der Waals surface area contributed by atoms with Crippen molar-refractivity contribution < 1.29 is 21.6 Å². The van der Waals surface area contributed by atoms with Gasteiger partial charge in [0.2, 0.25) is 26.0 Å². The molecule has 0 aromatic heterocycles. The van der Waals surface area contributed by atoms with E-state index in [0.29, 0.717) is 35.7 Å². The lowest BCUT2D eigenvalue weighted by atomic mass is 10.1. The number of nitrogens with zero attached hydrogens (tertiary/aromatic N) is 1. The summed E-state index contributed by atoms with van der Waals surface area (Å²) in [4.78, 5) is 12.7. The van der Waals surface area contributed by atoms with Gasteiger partial charge in [0.15, 0.2) is 0 Å². The molecule has 1 heterocycles. The van der Waals surface area contributed by atoms with Gasteiger partial charge in [0.25, 0.3) is 0 Å². The highest BCUT2D eigenvalue weighted by molar-refractivity contribution is 7.92. The number of carbonyl (C=O) groups is 1. The second kappa shape index (κ2) is 9.56. The molecule has 1 atom stereocenters. The molecule has 0 aliphatic carbocycles. The van der Waals surface area contributed by atoms with Crippen molar-refractivity contribution in [3.63, 3.8) is 0 Å². The predicted molar refractivity (Wildman–Crippen MR) is 120 cm³/mol. The summed E-state index contributed by atoms with van der Waals surface area (Å²) in [5.74, 6) is -0.328. The Balaban J connectivity index is 1.96. The van der Waals surface area contributed by atoms with Crippen molar-refractivity contribution in [2.75, 3.05) is 17.5 Å². The van der Waals surface area contributed by atoms with Gasteiger partial charge in [-0.05, 0) is 61.2 Å². The van der Waals surface area contributed by atoms with Crippen LogP contribution in [0.15, 0.2) is 53.4 Å². The summed E-state index contributed by atoms with van der Waals surface area (Å²) in [6.07, 6.45) is 2.95. The minimum atomic E-state index is -4.00. The summed E-state index contributed by atoms with van der Waals surface area (Å²) < 4.78 is 53.3. The topological polar surface area (TPSA) is 113 Å².